The van der Waals surface area contributed by atoms with Gasteiger partial charge in [0.25, 0.3) is 0 Å². The summed E-state index contributed by atoms with van der Waals surface area (Å²) >= 11 is 8.15. The highest BCUT2D eigenvalue weighted by atomic mass is 32.1. The molecular formula is C22H34O10S2. The molecule has 8 N–H and O–H groups in total. The Balaban J connectivity index is -0.000000390. The first-order valence-electron chi connectivity index (χ1n) is 9.76. The quantitative estimate of drug-likeness (QED) is 0.223. The average molecular weight is 523 g/mol. The van der Waals surface area contributed by atoms with Crippen LogP contribution in [0.1, 0.15) is 11.1 Å². The zero-order valence-electron chi connectivity index (χ0n) is 18.6. The number of hydrogen-bond donors (Lipinski definition) is 10. The lowest BCUT2D eigenvalue weighted by Gasteiger charge is -1.95. The predicted molar refractivity (Wildman–Crippen MR) is 133 cm³/mol. The molecule has 0 bridgehead atoms. The van der Waals surface area contributed by atoms with E-state index < -0.39 is 11.9 Å². The monoisotopic (exact) mass is 522 g/mol. The zero-order chi connectivity index (χ0) is 26.8. The Morgan fingerprint density at radius 2 is 0.706 bits per heavy atom. The lowest BCUT2D eigenvalue weighted by Crippen LogP contribution is -1.99. The second kappa shape index (κ2) is 27.1. The number of thiol groups is 2. The first-order valence-corrected chi connectivity index (χ1v) is 10.7. The molecule has 0 aliphatic carbocycles. The van der Waals surface area contributed by atoms with E-state index >= 15 is 0 Å². The number of carboxylic acids is 2. The second-order valence-corrected chi connectivity index (χ2v) is 6.85. The van der Waals surface area contributed by atoms with Gasteiger partial charge in [-0.15, -0.1) is 25.3 Å². The van der Waals surface area contributed by atoms with Gasteiger partial charge in [-0.2, -0.15) is 0 Å². The summed E-state index contributed by atoms with van der Waals surface area (Å²) in [5, 5.41) is 62.6. The molecule has 0 aliphatic rings. The van der Waals surface area contributed by atoms with E-state index in [0.29, 0.717) is 0 Å². The largest absolute Gasteiger partial charge is 0.481 e. The molecule has 2 aromatic carbocycles. The molecule has 12 heteroatoms. The van der Waals surface area contributed by atoms with Crippen molar-refractivity contribution >= 4 is 37.2 Å². The molecule has 194 valence electrons. The van der Waals surface area contributed by atoms with Crippen LogP contribution in [0.2, 0.25) is 0 Å². The van der Waals surface area contributed by atoms with E-state index in [1.54, 1.807) is 48.5 Å². The second-order valence-electron chi connectivity index (χ2n) is 5.82. The van der Waals surface area contributed by atoms with Crippen molar-refractivity contribution in [2.45, 2.75) is 22.6 Å². The Morgan fingerprint density at radius 1 is 0.500 bits per heavy atom. The molecule has 0 aromatic heterocycles. The van der Waals surface area contributed by atoms with Crippen LogP contribution in [0, 0.1) is 0 Å². The highest BCUT2D eigenvalue weighted by Crippen LogP contribution is 2.08. The molecule has 0 saturated carbocycles. The molecule has 0 unspecified atom stereocenters. The molecule has 0 atom stereocenters. The van der Waals surface area contributed by atoms with Crippen molar-refractivity contribution in [2.75, 3.05) is 39.6 Å². The average Bonchev–Trinajstić information content (AvgIpc) is 2.82. The normalized spacial score (nSPS) is 8.82. The minimum absolute atomic E-state index is 0.0774. The summed E-state index contributed by atoms with van der Waals surface area (Å²) in [5.74, 6) is -1.62. The van der Waals surface area contributed by atoms with Gasteiger partial charge in [-0.25, -0.2) is 0 Å². The minimum atomic E-state index is -0.808. The van der Waals surface area contributed by atoms with Crippen molar-refractivity contribution in [1.29, 1.82) is 0 Å². The number of rotatable bonds is 7. The van der Waals surface area contributed by atoms with E-state index in [0.717, 1.165) is 20.9 Å². The maximum absolute atomic E-state index is 10.2. The van der Waals surface area contributed by atoms with Gasteiger partial charge in [0, 0.05) is 9.79 Å². The van der Waals surface area contributed by atoms with Crippen molar-refractivity contribution in [1.82, 2.24) is 0 Å². The Kier molecular flexibility index (Phi) is 29.0. The van der Waals surface area contributed by atoms with Crippen LogP contribution >= 0.6 is 25.3 Å². The van der Waals surface area contributed by atoms with Gasteiger partial charge in [0.1, 0.15) is 0 Å². The van der Waals surface area contributed by atoms with Gasteiger partial charge in [0.2, 0.25) is 0 Å². The highest BCUT2D eigenvalue weighted by molar-refractivity contribution is 7.80. The van der Waals surface area contributed by atoms with Crippen LogP contribution in [-0.2, 0) is 22.4 Å². The Hall–Kier alpha value is -2.16. The van der Waals surface area contributed by atoms with Gasteiger partial charge < -0.3 is 40.9 Å². The lowest BCUT2D eigenvalue weighted by molar-refractivity contribution is -0.137. The molecule has 2 aromatic rings. The van der Waals surface area contributed by atoms with Gasteiger partial charge in [0.05, 0.1) is 52.5 Å². The fourth-order valence-electron chi connectivity index (χ4n) is 1.58. The van der Waals surface area contributed by atoms with Crippen molar-refractivity contribution < 1.29 is 50.4 Å². The molecule has 10 nitrogen and oxygen atoms in total. The van der Waals surface area contributed by atoms with E-state index in [1.165, 1.54) is 0 Å². The number of benzene rings is 2. The van der Waals surface area contributed by atoms with Gasteiger partial charge >= 0.3 is 11.9 Å². The zero-order valence-corrected chi connectivity index (χ0v) is 20.4. The van der Waals surface area contributed by atoms with Gasteiger partial charge in [-0.1, -0.05) is 24.3 Å². The minimum Gasteiger partial charge on any atom is -0.481 e. The van der Waals surface area contributed by atoms with Crippen LogP contribution < -0.4 is 0 Å². The number of aliphatic hydroxyl groups is 6. The third kappa shape index (κ3) is 29.8. The fourth-order valence-corrected chi connectivity index (χ4v) is 1.87. The van der Waals surface area contributed by atoms with Crippen LogP contribution in [0.5, 0.6) is 0 Å². The third-order valence-electron chi connectivity index (χ3n) is 2.88. The molecule has 0 saturated heterocycles. The Bertz CT molecular complexity index is 652. The maximum Gasteiger partial charge on any atom is 0.307 e. The topological polar surface area (TPSA) is 196 Å². The molecule has 0 radical (unpaired) electrons. The van der Waals surface area contributed by atoms with Gasteiger partial charge in [0.15, 0.2) is 0 Å². The Morgan fingerprint density at radius 3 is 0.853 bits per heavy atom. The summed E-state index contributed by atoms with van der Waals surface area (Å²) in [6.07, 6.45) is 0.155. The molecule has 0 spiro atoms. The van der Waals surface area contributed by atoms with E-state index in [2.05, 4.69) is 25.3 Å². The molecule has 2 rings (SSSR count). The van der Waals surface area contributed by atoms with E-state index in [4.69, 9.17) is 40.9 Å². The highest BCUT2D eigenvalue weighted by Gasteiger charge is 1.99. The number of carbonyl (C=O) groups is 2. The Labute approximate surface area is 209 Å². The number of hydrogen-bond acceptors (Lipinski definition) is 10. The molecule has 0 amide bonds. The summed E-state index contributed by atoms with van der Waals surface area (Å²) in [6.45, 7) is -0.750. The predicted octanol–water partition coefficient (Wildman–Crippen LogP) is 0.118. The van der Waals surface area contributed by atoms with Gasteiger partial charge in [-0.05, 0) is 35.4 Å². The number of aliphatic carboxylic acids is 2. The van der Waals surface area contributed by atoms with Crippen molar-refractivity contribution in [3.8, 4) is 0 Å². The standard InChI is InChI=1S/2C8H8O2S.3C2H6O2/c2*9-8(10)5-6-1-3-7(11)4-2-6;3*3-1-2-4/h2*1-4,11H,5H2,(H,9,10);3*3-4H,1-2H2. The third-order valence-corrected chi connectivity index (χ3v) is 3.48. The fraction of sp³-hybridized carbons (Fsp3) is 0.364. The van der Waals surface area contributed by atoms with E-state index in [-0.39, 0.29) is 52.5 Å². The number of carboxylic acid groups (broad SMARTS) is 2. The summed E-state index contributed by atoms with van der Waals surface area (Å²) in [4.78, 5) is 22.2. The molecule has 0 heterocycles. The maximum atomic E-state index is 10.2. The van der Waals surface area contributed by atoms with Crippen LogP contribution in [0.4, 0.5) is 0 Å². The molecule has 0 fully saturated rings. The molecule has 0 aliphatic heterocycles. The first-order chi connectivity index (χ1) is 16.1. The van der Waals surface area contributed by atoms with Crippen LogP contribution in [0.25, 0.3) is 0 Å². The van der Waals surface area contributed by atoms with Crippen molar-refractivity contribution in [3.63, 3.8) is 0 Å². The summed E-state index contributed by atoms with van der Waals surface area (Å²) < 4.78 is 0. The smallest absolute Gasteiger partial charge is 0.307 e. The van der Waals surface area contributed by atoms with Crippen LogP contribution in [0.3, 0.4) is 0 Å². The van der Waals surface area contributed by atoms with Crippen LogP contribution in [0.15, 0.2) is 58.3 Å². The van der Waals surface area contributed by atoms with Crippen LogP contribution in [-0.4, -0.2) is 92.4 Å². The molecule has 34 heavy (non-hydrogen) atoms. The van der Waals surface area contributed by atoms with E-state index in [1.807, 2.05) is 0 Å². The SMILES string of the molecule is O=C(O)Cc1ccc(S)cc1.O=C(O)Cc1ccc(S)cc1.OCCO.OCCO.OCCO. The van der Waals surface area contributed by atoms with Crippen molar-refractivity contribution in [3.05, 3.63) is 59.7 Å². The van der Waals surface area contributed by atoms with Gasteiger partial charge in [-0.3, -0.25) is 9.59 Å². The number of aliphatic hydroxyl groups excluding tert-OH is 6. The van der Waals surface area contributed by atoms with E-state index in [9.17, 15) is 9.59 Å². The summed E-state index contributed by atoms with van der Waals surface area (Å²) in [6, 6.07) is 14.2. The summed E-state index contributed by atoms with van der Waals surface area (Å²) in [7, 11) is 0. The molecular weight excluding hydrogens is 488 g/mol. The van der Waals surface area contributed by atoms with Crippen molar-refractivity contribution in [2.24, 2.45) is 0 Å². The lowest BCUT2D eigenvalue weighted by atomic mass is 10.2. The first kappa shape index (κ1) is 36.4. The summed E-state index contributed by atoms with van der Waals surface area (Å²) in [5.41, 5.74) is 1.60.